The van der Waals surface area contributed by atoms with Gasteiger partial charge in [0, 0.05) is 36.6 Å². The number of piperidine rings is 1. The standard InChI is InChI=1S/C19H20N4O2S/c24-17-10-23(9-14-11-26-12-21-14)8-6-16(17)22-19(25)18-15-4-2-1-3-13(15)5-7-20-18/h1-5,7,11-12,16-17,24H,6,8-10H2,(H,22,25)/t16-,17-/m1/s1. The number of benzene rings is 1. The second-order valence-corrected chi connectivity index (χ2v) is 7.25. The van der Waals surface area contributed by atoms with Gasteiger partial charge in [-0.15, -0.1) is 11.3 Å². The molecule has 0 unspecified atom stereocenters. The van der Waals surface area contributed by atoms with Crippen molar-refractivity contribution >= 4 is 28.0 Å². The maximum absolute atomic E-state index is 12.7. The molecule has 0 aliphatic carbocycles. The maximum atomic E-state index is 12.7. The van der Waals surface area contributed by atoms with Crippen LogP contribution in [0.25, 0.3) is 10.8 Å². The lowest BCUT2D eigenvalue weighted by molar-refractivity contribution is 0.0345. The number of aliphatic hydroxyl groups excluding tert-OH is 1. The van der Waals surface area contributed by atoms with Gasteiger partial charge < -0.3 is 10.4 Å². The summed E-state index contributed by atoms with van der Waals surface area (Å²) in [4.78, 5) is 23.4. The van der Waals surface area contributed by atoms with Gasteiger partial charge in [-0.05, 0) is 17.9 Å². The molecular formula is C19H20N4O2S. The molecular weight excluding hydrogens is 348 g/mol. The Bertz CT molecular complexity index is 894. The van der Waals surface area contributed by atoms with Crippen molar-refractivity contribution in [3.8, 4) is 0 Å². The molecule has 1 aliphatic rings. The van der Waals surface area contributed by atoms with E-state index in [-0.39, 0.29) is 11.9 Å². The van der Waals surface area contributed by atoms with Crippen LogP contribution in [0, 0.1) is 0 Å². The highest BCUT2D eigenvalue weighted by molar-refractivity contribution is 7.07. The van der Waals surface area contributed by atoms with Crippen molar-refractivity contribution in [3.63, 3.8) is 0 Å². The quantitative estimate of drug-likeness (QED) is 0.737. The number of β-amino-alcohol motifs (C(OH)–C–C–N with tert-alkyl or cyclic N) is 1. The Kier molecular flexibility index (Phi) is 4.92. The van der Waals surface area contributed by atoms with Crippen molar-refractivity contribution in [2.45, 2.75) is 25.1 Å². The number of fused-ring (bicyclic) bond motifs is 1. The molecule has 26 heavy (non-hydrogen) atoms. The topological polar surface area (TPSA) is 78.4 Å². The number of hydrogen-bond donors (Lipinski definition) is 2. The maximum Gasteiger partial charge on any atom is 0.270 e. The number of nitrogens with zero attached hydrogens (tertiary/aromatic N) is 3. The van der Waals surface area contributed by atoms with Gasteiger partial charge in [0.25, 0.3) is 5.91 Å². The molecule has 1 fully saturated rings. The fourth-order valence-corrected chi connectivity index (χ4v) is 3.94. The van der Waals surface area contributed by atoms with Crippen molar-refractivity contribution in [2.75, 3.05) is 13.1 Å². The number of amides is 1. The number of thiazole rings is 1. The highest BCUT2D eigenvalue weighted by Crippen LogP contribution is 2.18. The lowest BCUT2D eigenvalue weighted by Crippen LogP contribution is -2.53. The third kappa shape index (κ3) is 3.60. The summed E-state index contributed by atoms with van der Waals surface area (Å²) in [5, 5.41) is 17.3. The monoisotopic (exact) mass is 368 g/mol. The molecule has 2 aromatic heterocycles. The fraction of sp³-hybridized carbons (Fsp3) is 0.316. The van der Waals surface area contributed by atoms with E-state index in [4.69, 9.17) is 0 Å². The van der Waals surface area contributed by atoms with Crippen LogP contribution in [0.2, 0.25) is 0 Å². The van der Waals surface area contributed by atoms with Crippen LogP contribution in [0.3, 0.4) is 0 Å². The van der Waals surface area contributed by atoms with E-state index in [1.807, 2.05) is 41.2 Å². The van der Waals surface area contributed by atoms with E-state index < -0.39 is 6.10 Å². The Balaban J connectivity index is 1.42. The molecule has 1 saturated heterocycles. The summed E-state index contributed by atoms with van der Waals surface area (Å²) in [6, 6.07) is 9.30. The van der Waals surface area contributed by atoms with Gasteiger partial charge in [-0.25, -0.2) is 4.98 Å². The SMILES string of the molecule is O=C(N[C@@H]1CCN(Cc2cscn2)C[C@H]1O)c1nccc2ccccc12. The minimum absolute atomic E-state index is 0.237. The van der Waals surface area contributed by atoms with Gasteiger partial charge in [-0.2, -0.15) is 0 Å². The molecule has 0 spiro atoms. The molecule has 0 radical (unpaired) electrons. The van der Waals surface area contributed by atoms with E-state index in [0.29, 0.717) is 18.7 Å². The predicted molar refractivity (Wildman–Crippen MR) is 101 cm³/mol. The second kappa shape index (κ2) is 7.49. The van der Waals surface area contributed by atoms with Crippen LogP contribution in [-0.2, 0) is 6.54 Å². The minimum atomic E-state index is -0.610. The third-order valence-electron chi connectivity index (χ3n) is 4.74. The Hall–Kier alpha value is -2.35. The first-order valence-electron chi connectivity index (χ1n) is 8.63. The molecule has 0 bridgehead atoms. The van der Waals surface area contributed by atoms with Gasteiger partial charge >= 0.3 is 0 Å². The largest absolute Gasteiger partial charge is 0.390 e. The summed E-state index contributed by atoms with van der Waals surface area (Å²) in [5.74, 6) is -0.237. The predicted octanol–water partition coefficient (Wildman–Crippen LogP) is 2.06. The zero-order chi connectivity index (χ0) is 17.9. The molecule has 1 aromatic carbocycles. The summed E-state index contributed by atoms with van der Waals surface area (Å²) in [7, 11) is 0. The van der Waals surface area contributed by atoms with Crippen molar-refractivity contribution in [3.05, 3.63) is 58.8 Å². The van der Waals surface area contributed by atoms with E-state index in [1.165, 1.54) is 0 Å². The Morgan fingerprint density at radius 2 is 2.19 bits per heavy atom. The fourth-order valence-electron chi connectivity index (χ4n) is 3.39. The van der Waals surface area contributed by atoms with Crippen molar-refractivity contribution in [1.29, 1.82) is 0 Å². The van der Waals surface area contributed by atoms with Crippen LogP contribution in [-0.4, -0.2) is 51.1 Å². The third-order valence-corrected chi connectivity index (χ3v) is 5.38. The lowest BCUT2D eigenvalue weighted by atomic mass is 10.0. The van der Waals surface area contributed by atoms with Crippen molar-refractivity contribution < 1.29 is 9.90 Å². The number of carbonyl (C=O) groups excluding carboxylic acids is 1. The summed E-state index contributed by atoms with van der Waals surface area (Å²) in [6.45, 7) is 2.06. The number of hydrogen-bond acceptors (Lipinski definition) is 6. The van der Waals surface area contributed by atoms with Gasteiger partial charge in [0.15, 0.2) is 0 Å². The Morgan fingerprint density at radius 1 is 1.31 bits per heavy atom. The summed E-state index contributed by atoms with van der Waals surface area (Å²) >= 11 is 1.57. The molecule has 7 heteroatoms. The van der Waals surface area contributed by atoms with E-state index in [2.05, 4.69) is 20.2 Å². The van der Waals surface area contributed by atoms with Gasteiger partial charge in [0.2, 0.25) is 0 Å². The molecule has 3 aromatic rings. The number of carbonyl (C=O) groups is 1. The Morgan fingerprint density at radius 3 is 3.00 bits per heavy atom. The summed E-state index contributed by atoms with van der Waals surface area (Å²) < 4.78 is 0. The minimum Gasteiger partial charge on any atom is -0.390 e. The normalized spacial score (nSPS) is 21.0. The first-order valence-corrected chi connectivity index (χ1v) is 9.57. The van der Waals surface area contributed by atoms with Crippen LogP contribution < -0.4 is 5.32 Å². The van der Waals surface area contributed by atoms with E-state index in [9.17, 15) is 9.90 Å². The number of aliphatic hydroxyl groups is 1. The number of pyridine rings is 1. The highest BCUT2D eigenvalue weighted by atomic mass is 32.1. The molecule has 1 aliphatic heterocycles. The highest BCUT2D eigenvalue weighted by Gasteiger charge is 2.29. The first kappa shape index (κ1) is 17.1. The molecule has 134 valence electrons. The zero-order valence-corrected chi connectivity index (χ0v) is 15.0. The Labute approximate surface area is 155 Å². The molecule has 6 nitrogen and oxygen atoms in total. The van der Waals surface area contributed by atoms with Gasteiger partial charge in [0.1, 0.15) is 5.69 Å². The van der Waals surface area contributed by atoms with Gasteiger partial charge in [-0.3, -0.25) is 14.7 Å². The first-order chi connectivity index (χ1) is 12.7. The number of likely N-dealkylation sites (tertiary alicyclic amines) is 1. The number of aromatic nitrogens is 2. The van der Waals surface area contributed by atoms with Gasteiger partial charge in [0.05, 0.1) is 23.4 Å². The van der Waals surface area contributed by atoms with E-state index >= 15 is 0 Å². The molecule has 3 heterocycles. The van der Waals surface area contributed by atoms with Crippen molar-refractivity contribution in [2.24, 2.45) is 0 Å². The molecule has 4 rings (SSSR count). The molecule has 2 N–H and O–H groups in total. The van der Waals surface area contributed by atoms with Crippen LogP contribution >= 0.6 is 11.3 Å². The molecule has 0 saturated carbocycles. The number of nitrogens with one attached hydrogen (secondary N) is 1. The van der Waals surface area contributed by atoms with Crippen LogP contribution in [0.5, 0.6) is 0 Å². The summed E-state index contributed by atoms with van der Waals surface area (Å²) in [5.41, 5.74) is 3.24. The van der Waals surface area contributed by atoms with Crippen LogP contribution in [0.1, 0.15) is 22.6 Å². The van der Waals surface area contributed by atoms with E-state index in [0.717, 1.165) is 29.6 Å². The zero-order valence-electron chi connectivity index (χ0n) is 14.2. The van der Waals surface area contributed by atoms with E-state index in [1.54, 1.807) is 17.5 Å². The summed E-state index contributed by atoms with van der Waals surface area (Å²) in [6.07, 6.45) is 1.73. The van der Waals surface area contributed by atoms with Gasteiger partial charge in [-0.1, -0.05) is 24.3 Å². The molecule has 2 atom stereocenters. The number of rotatable bonds is 4. The second-order valence-electron chi connectivity index (χ2n) is 6.53. The molecule has 1 amide bonds. The smallest absolute Gasteiger partial charge is 0.270 e. The lowest BCUT2D eigenvalue weighted by Gasteiger charge is -2.35. The van der Waals surface area contributed by atoms with Crippen LogP contribution in [0.15, 0.2) is 47.4 Å². The average Bonchev–Trinajstić information content (AvgIpc) is 3.16. The van der Waals surface area contributed by atoms with Crippen molar-refractivity contribution in [1.82, 2.24) is 20.2 Å². The average molecular weight is 368 g/mol. The van der Waals surface area contributed by atoms with Crippen LogP contribution in [0.4, 0.5) is 0 Å².